The first-order chi connectivity index (χ1) is 9.97. The average Bonchev–Trinajstić information content (AvgIpc) is 2.74. The number of carboxylic acids is 1. The van der Waals surface area contributed by atoms with Gasteiger partial charge in [0.25, 0.3) is 0 Å². The topological polar surface area (TPSA) is 116 Å². The monoisotopic (exact) mass is 298 g/mol. The molecular weight excluding hydrogens is 280 g/mol. The third kappa shape index (κ3) is 3.16. The van der Waals surface area contributed by atoms with Crippen LogP contribution in [0.2, 0.25) is 0 Å². The predicted octanol–water partition coefficient (Wildman–Crippen LogP) is -0.524. The van der Waals surface area contributed by atoms with Crippen molar-refractivity contribution in [2.45, 2.75) is 30.8 Å². The molecule has 1 aromatic rings. The number of aliphatic hydroxyl groups excluding tert-OH is 3. The van der Waals surface area contributed by atoms with E-state index >= 15 is 0 Å². The quantitative estimate of drug-likeness (QED) is 0.577. The van der Waals surface area contributed by atoms with Gasteiger partial charge < -0.3 is 29.9 Å². The summed E-state index contributed by atoms with van der Waals surface area (Å²) in [4.78, 5) is 10.8. The van der Waals surface area contributed by atoms with E-state index in [4.69, 9.17) is 19.7 Å². The highest BCUT2D eigenvalue weighted by Gasteiger charge is 2.44. The van der Waals surface area contributed by atoms with Crippen LogP contribution in [0, 0.1) is 0 Å². The number of carbonyl (C=O) groups is 1. The molecule has 0 spiro atoms. The minimum Gasteiger partial charge on any atom is -0.496 e. The Bertz CT molecular complexity index is 516. The summed E-state index contributed by atoms with van der Waals surface area (Å²) in [6.07, 6.45) is -4.39. The van der Waals surface area contributed by atoms with E-state index < -0.39 is 37.0 Å². The Balaban J connectivity index is 2.35. The van der Waals surface area contributed by atoms with Crippen molar-refractivity contribution in [3.63, 3.8) is 0 Å². The Morgan fingerprint density at radius 3 is 2.57 bits per heavy atom. The number of rotatable bonds is 5. The van der Waals surface area contributed by atoms with Crippen molar-refractivity contribution in [2.24, 2.45) is 0 Å². The van der Waals surface area contributed by atoms with Crippen LogP contribution < -0.4 is 4.74 Å². The number of aliphatic carboxylic acids is 1. The van der Waals surface area contributed by atoms with E-state index in [0.717, 1.165) is 0 Å². The maximum absolute atomic E-state index is 10.8. The van der Waals surface area contributed by atoms with Gasteiger partial charge in [0, 0.05) is 5.56 Å². The summed E-state index contributed by atoms with van der Waals surface area (Å²) >= 11 is 0. The summed E-state index contributed by atoms with van der Waals surface area (Å²) in [6.45, 7) is -0.425. The highest BCUT2D eigenvalue weighted by Crippen LogP contribution is 2.38. The Morgan fingerprint density at radius 1 is 1.33 bits per heavy atom. The van der Waals surface area contributed by atoms with Crippen LogP contribution in [-0.4, -0.2) is 58.4 Å². The molecular formula is C14H18O7. The number of hydrogen-bond donors (Lipinski definition) is 4. The van der Waals surface area contributed by atoms with Gasteiger partial charge in [0.15, 0.2) is 0 Å². The van der Waals surface area contributed by atoms with Gasteiger partial charge in [0.1, 0.15) is 30.2 Å². The maximum atomic E-state index is 10.8. The second kappa shape index (κ2) is 6.40. The summed E-state index contributed by atoms with van der Waals surface area (Å²) in [6, 6.07) is 4.76. The predicted molar refractivity (Wildman–Crippen MR) is 71.0 cm³/mol. The molecule has 21 heavy (non-hydrogen) atoms. The highest BCUT2D eigenvalue weighted by molar-refractivity contribution is 5.70. The number of methoxy groups -OCH3 is 1. The van der Waals surface area contributed by atoms with Gasteiger partial charge in [-0.2, -0.15) is 0 Å². The van der Waals surface area contributed by atoms with Crippen LogP contribution in [0.5, 0.6) is 5.75 Å². The molecule has 7 heteroatoms. The second-order valence-electron chi connectivity index (χ2n) is 4.91. The summed E-state index contributed by atoms with van der Waals surface area (Å²) in [7, 11) is 1.44. The first-order valence-corrected chi connectivity index (χ1v) is 6.49. The SMILES string of the molecule is COc1ccc(CC(=O)O)cc1[C@@H]1O[C@H](CO)[C@@H](O)[C@H]1O. The van der Waals surface area contributed by atoms with Crippen molar-refractivity contribution >= 4 is 5.97 Å². The molecule has 0 bridgehead atoms. The standard InChI is InChI=1S/C14H18O7/c1-20-9-3-2-7(5-11(16)17)4-8(9)14-13(19)12(18)10(6-15)21-14/h2-4,10,12-15,18-19H,5-6H2,1H3,(H,16,17)/t10-,12-,13-,14+/m1/s1. The lowest BCUT2D eigenvalue weighted by Gasteiger charge is -2.19. The van der Waals surface area contributed by atoms with E-state index in [1.165, 1.54) is 7.11 Å². The van der Waals surface area contributed by atoms with Crippen LogP contribution in [0.25, 0.3) is 0 Å². The van der Waals surface area contributed by atoms with Crippen LogP contribution in [0.1, 0.15) is 17.2 Å². The van der Waals surface area contributed by atoms with Crippen molar-refractivity contribution in [1.29, 1.82) is 0 Å². The van der Waals surface area contributed by atoms with Crippen LogP contribution >= 0.6 is 0 Å². The van der Waals surface area contributed by atoms with E-state index in [1.54, 1.807) is 18.2 Å². The third-order valence-corrected chi connectivity index (χ3v) is 3.50. The van der Waals surface area contributed by atoms with Crippen LogP contribution in [0.3, 0.4) is 0 Å². The summed E-state index contributed by atoms with van der Waals surface area (Å²) < 4.78 is 10.6. The van der Waals surface area contributed by atoms with Gasteiger partial charge >= 0.3 is 5.97 Å². The maximum Gasteiger partial charge on any atom is 0.307 e. The zero-order valence-corrected chi connectivity index (χ0v) is 11.5. The van der Waals surface area contributed by atoms with Crippen molar-refractivity contribution in [3.8, 4) is 5.75 Å². The number of hydrogen-bond acceptors (Lipinski definition) is 6. The van der Waals surface area contributed by atoms with E-state index in [9.17, 15) is 15.0 Å². The van der Waals surface area contributed by atoms with Gasteiger partial charge in [-0.25, -0.2) is 0 Å². The molecule has 7 nitrogen and oxygen atoms in total. The molecule has 4 N–H and O–H groups in total. The fourth-order valence-electron chi connectivity index (χ4n) is 2.45. The molecule has 0 saturated carbocycles. The minimum atomic E-state index is -1.23. The van der Waals surface area contributed by atoms with Crippen molar-refractivity contribution < 1.29 is 34.7 Å². The highest BCUT2D eigenvalue weighted by atomic mass is 16.6. The van der Waals surface area contributed by atoms with Crippen molar-refractivity contribution in [3.05, 3.63) is 29.3 Å². The number of benzene rings is 1. The molecule has 1 aliphatic rings. The molecule has 0 unspecified atom stereocenters. The lowest BCUT2D eigenvalue weighted by molar-refractivity contribution is -0.136. The summed E-state index contributed by atoms with van der Waals surface area (Å²) in [5, 5.41) is 37.8. The molecule has 1 fully saturated rings. The van der Waals surface area contributed by atoms with Crippen molar-refractivity contribution in [2.75, 3.05) is 13.7 Å². The van der Waals surface area contributed by atoms with Gasteiger partial charge in [-0.05, 0) is 17.7 Å². The first-order valence-electron chi connectivity index (χ1n) is 6.49. The molecule has 4 atom stereocenters. The lowest BCUT2D eigenvalue weighted by Crippen LogP contribution is -2.32. The average molecular weight is 298 g/mol. The second-order valence-corrected chi connectivity index (χ2v) is 4.91. The minimum absolute atomic E-state index is 0.175. The Morgan fingerprint density at radius 2 is 2.05 bits per heavy atom. The molecule has 0 amide bonds. The Labute approximate surface area is 121 Å². The largest absolute Gasteiger partial charge is 0.496 e. The summed E-state index contributed by atoms with van der Waals surface area (Å²) in [5.74, 6) is -0.564. The molecule has 0 aromatic heterocycles. The zero-order valence-electron chi connectivity index (χ0n) is 11.5. The van der Waals surface area contributed by atoms with E-state index in [-0.39, 0.29) is 6.42 Å². The fraction of sp³-hybridized carbons (Fsp3) is 0.500. The lowest BCUT2D eigenvalue weighted by atomic mass is 9.98. The van der Waals surface area contributed by atoms with Crippen LogP contribution in [0.15, 0.2) is 18.2 Å². The van der Waals surface area contributed by atoms with Crippen LogP contribution in [-0.2, 0) is 16.0 Å². The van der Waals surface area contributed by atoms with Gasteiger partial charge in [-0.1, -0.05) is 6.07 Å². The number of ether oxygens (including phenoxy) is 2. The van der Waals surface area contributed by atoms with Crippen LogP contribution in [0.4, 0.5) is 0 Å². The molecule has 1 heterocycles. The first kappa shape index (κ1) is 15.7. The third-order valence-electron chi connectivity index (χ3n) is 3.50. The molecule has 1 aromatic carbocycles. The van der Waals surface area contributed by atoms with E-state index in [2.05, 4.69) is 0 Å². The Hall–Kier alpha value is -1.67. The normalized spacial score (nSPS) is 28.6. The van der Waals surface area contributed by atoms with Gasteiger partial charge in [-0.15, -0.1) is 0 Å². The van der Waals surface area contributed by atoms with Gasteiger partial charge in [-0.3, -0.25) is 4.79 Å². The fourth-order valence-corrected chi connectivity index (χ4v) is 2.45. The van der Waals surface area contributed by atoms with E-state index in [1.807, 2.05) is 0 Å². The molecule has 0 radical (unpaired) electrons. The molecule has 2 rings (SSSR count). The van der Waals surface area contributed by atoms with E-state index in [0.29, 0.717) is 16.9 Å². The van der Waals surface area contributed by atoms with Gasteiger partial charge in [0.2, 0.25) is 0 Å². The smallest absolute Gasteiger partial charge is 0.307 e. The van der Waals surface area contributed by atoms with Gasteiger partial charge in [0.05, 0.1) is 20.1 Å². The van der Waals surface area contributed by atoms with Crippen molar-refractivity contribution in [1.82, 2.24) is 0 Å². The molecule has 1 aliphatic heterocycles. The number of aliphatic hydroxyl groups is 3. The molecule has 1 saturated heterocycles. The summed E-state index contributed by atoms with van der Waals surface area (Å²) in [5.41, 5.74) is 0.967. The molecule has 116 valence electrons. The molecule has 0 aliphatic carbocycles. The number of carboxylic acid groups (broad SMARTS) is 1. The Kier molecular flexibility index (Phi) is 4.79. The zero-order chi connectivity index (χ0) is 15.6.